The molecule has 13 heavy (non-hydrogen) atoms. The molecule has 0 amide bonds. The van der Waals surface area contributed by atoms with E-state index in [0.717, 1.165) is 17.8 Å². The number of hydrogen-bond acceptors (Lipinski definition) is 1. The Labute approximate surface area is 82.5 Å². The Morgan fingerprint density at radius 3 is 2.62 bits per heavy atom. The molecule has 0 N–H and O–H groups in total. The highest BCUT2D eigenvalue weighted by Crippen LogP contribution is 2.32. The number of hydrogen-bond donors (Lipinski definition) is 0. The topological polar surface area (TPSA) is 3.24 Å². The summed E-state index contributed by atoms with van der Waals surface area (Å²) in [5.74, 6) is 3.03. The van der Waals surface area contributed by atoms with Crippen LogP contribution in [0.2, 0.25) is 0 Å². The second-order valence-corrected chi connectivity index (χ2v) is 5.14. The zero-order valence-electron chi connectivity index (χ0n) is 9.13. The van der Waals surface area contributed by atoms with E-state index in [9.17, 15) is 0 Å². The van der Waals surface area contributed by atoms with E-state index in [1.165, 1.54) is 45.3 Å². The lowest BCUT2D eigenvalue weighted by molar-refractivity contribution is 0.121. The Morgan fingerprint density at radius 2 is 2.00 bits per heavy atom. The van der Waals surface area contributed by atoms with Crippen molar-refractivity contribution < 1.29 is 0 Å². The molecule has 76 valence electrons. The molecule has 1 heterocycles. The van der Waals surface area contributed by atoms with E-state index >= 15 is 0 Å². The van der Waals surface area contributed by atoms with Crippen LogP contribution in [0.4, 0.5) is 0 Å². The van der Waals surface area contributed by atoms with Crippen LogP contribution in [0.3, 0.4) is 0 Å². The molecule has 1 nitrogen and oxygen atoms in total. The average molecular weight is 181 g/mol. The quantitative estimate of drug-likeness (QED) is 0.647. The van der Waals surface area contributed by atoms with E-state index in [2.05, 4.69) is 18.7 Å². The maximum absolute atomic E-state index is 2.71. The summed E-state index contributed by atoms with van der Waals surface area (Å²) in [6, 6.07) is 0. The fourth-order valence-corrected chi connectivity index (χ4v) is 2.59. The Bertz CT molecular complexity index is 163. The van der Waals surface area contributed by atoms with Gasteiger partial charge in [0, 0.05) is 13.1 Å². The van der Waals surface area contributed by atoms with E-state index in [4.69, 9.17) is 0 Å². The number of piperidine rings is 1. The van der Waals surface area contributed by atoms with E-state index in [1.54, 1.807) is 0 Å². The van der Waals surface area contributed by atoms with Crippen LogP contribution >= 0.6 is 0 Å². The predicted molar refractivity (Wildman–Crippen MR) is 56.7 cm³/mol. The van der Waals surface area contributed by atoms with Crippen molar-refractivity contribution in [3.05, 3.63) is 0 Å². The number of likely N-dealkylation sites (tertiary alicyclic amines) is 1. The Kier molecular flexibility index (Phi) is 2.92. The fraction of sp³-hybridized carbons (Fsp3) is 1.00. The third kappa shape index (κ3) is 2.46. The molecule has 0 aromatic rings. The van der Waals surface area contributed by atoms with Crippen LogP contribution in [0.25, 0.3) is 0 Å². The minimum atomic E-state index is 0.973. The first-order chi connectivity index (χ1) is 6.29. The highest BCUT2D eigenvalue weighted by molar-refractivity contribution is 4.82. The van der Waals surface area contributed by atoms with Crippen molar-refractivity contribution in [2.75, 3.05) is 19.6 Å². The van der Waals surface area contributed by atoms with Crippen molar-refractivity contribution in [3.8, 4) is 0 Å². The van der Waals surface area contributed by atoms with Crippen LogP contribution in [-0.2, 0) is 0 Å². The zero-order chi connectivity index (χ0) is 9.26. The van der Waals surface area contributed by atoms with Crippen LogP contribution in [0, 0.1) is 17.8 Å². The Hall–Kier alpha value is -0.0400. The summed E-state index contributed by atoms with van der Waals surface area (Å²) in [6.07, 6.45) is 5.82. The van der Waals surface area contributed by atoms with Crippen LogP contribution in [-0.4, -0.2) is 24.5 Å². The van der Waals surface area contributed by atoms with Gasteiger partial charge in [-0.1, -0.05) is 20.3 Å². The highest BCUT2D eigenvalue weighted by atomic mass is 15.1. The van der Waals surface area contributed by atoms with Crippen molar-refractivity contribution in [1.29, 1.82) is 0 Å². The molecule has 0 aromatic carbocycles. The van der Waals surface area contributed by atoms with Crippen LogP contribution in [0.1, 0.15) is 39.5 Å². The lowest BCUT2D eigenvalue weighted by Crippen LogP contribution is -2.40. The average Bonchev–Trinajstić information content (AvgIpc) is 2.92. The molecular weight excluding hydrogens is 158 g/mol. The molecule has 1 aliphatic heterocycles. The third-order valence-corrected chi connectivity index (χ3v) is 3.94. The molecule has 1 heteroatoms. The molecule has 2 rings (SSSR count). The van der Waals surface area contributed by atoms with Gasteiger partial charge in [-0.25, -0.2) is 0 Å². The maximum Gasteiger partial charge on any atom is 0.00122 e. The van der Waals surface area contributed by atoms with Crippen LogP contribution in [0.15, 0.2) is 0 Å². The molecule has 0 spiro atoms. The number of nitrogens with zero attached hydrogens (tertiary/aromatic N) is 1. The summed E-state index contributed by atoms with van der Waals surface area (Å²) in [5, 5.41) is 0. The normalized spacial score (nSPS) is 36.5. The standard InChI is InChI=1S/C12H23N/c1-3-12-9-13(7-6-10(12)2)8-11-4-5-11/h10-12H,3-9H2,1-2H3. The monoisotopic (exact) mass is 181 g/mol. The lowest BCUT2D eigenvalue weighted by Gasteiger charge is -2.36. The van der Waals surface area contributed by atoms with Gasteiger partial charge in [-0.3, -0.25) is 0 Å². The summed E-state index contributed by atoms with van der Waals surface area (Å²) in [5.41, 5.74) is 0. The zero-order valence-corrected chi connectivity index (χ0v) is 9.13. The minimum absolute atomic E-state index is 0.973. The van der Waals surface area contributed by atoms with Crippen LogP contribution < -0.4 is 0 Å². The van der Waals surface area contributed by atoms with Crippen molar-refractivity contribution >= 4 is 0 Å². The molecule has 1 saturated carbocycles. The smallest absolute Gasteiger partial charge is 0.00122 e. The largest absolute Gasteiger partial charge is 0.303 e. The van der Waals surface area contributed by atoms with Gasteiger partial charge in [-0.05, 0) is 43.6 Å². The second-order valence-electron chi connectivity index (χ2n) is 5.14. The van der Waals surface area contributed by atoms with E-state index in [1.807, 2.05) is 0 Å². The van der Waals surface area contributed by atoms with E-state index in [0.29, 0.717) is 0 Å². The minimum Gasteiger partial charge on any atom is -0.303 e. The van der Waals surface area contributed by atoms with Crippen molar-refractivity contribution in [2.24, 2.45) is 17.8 Å². The van der Waals surface area contributed by atoms with Gasteiger partial charge in [0.2, 0.25) is 0 Å². The van der Waals surface area contributed by atoms with E-state index in [-0.39, 0.29) is 0 Å². The van der Waals surface area contributed by atoms with E-state index < -0.39 is 0 Å². The van der Waals surface area contributed by atoms with Gasteiger partial charge in [0.05, 0.1) is 0 Å². The molecule has 0 bridgehead atoms. The predicted octanol–water partition coefficient (Wildman–Crippen LogP) is 2.76. The SMILES string of the molecule is CCC1CN(CC2CC2)CCC1C. The van der Waals surface area contributed by atoms with Gasteiger partial charge < -0.3 is 4.90 Å². The molecule has 2 atom stereocenters. The maximum atomic E-state index is 2.71. The van der Waals surface area contributed by atoms with Gasteiger partial charge in [-0.2, -0.15) is 0 Å². The first-order valence-electron chi connectivity index (χ1n) is 6.02. The van der Waals surface area contributed by atoms with Crippen LogP contribution in [0.5, 0.6) is 0 Å². The summed E-state index contributed by atoms with van der Waals surface area (Å²) >= 11 is 0. The summed E-state index contributed by atoms with van der Waals surface area (Å²) in [6.45, 7) is 8.94. The van der Waals surface area contributed by atoms with Gasteiger partial charge in [0.25, 0.3) is 0 Å². The molecule has 1 saturated heterocycles. The molecule has 0 radical (unpaired) electrons. The second kappa shape index (κ2) is 4.00. The Morgan fingerprint density at radius 1 is 1.23 bits per heavy atom. The first kappa shape index (κ1) is 9.51. The lowest BCUT2D eigenvalue weighted by atomic mass is 9.85. The van der Waals surface area contributed by atoms with Crippen molar-refractivity contribution in [3.63, 3.8) is 0 Å². The molecule has 1 aliphatic carbocycles. The molecular formula is C12H23N. The van der Waals surface area contributed by atoms with Gasteiger partial charge >= 0.3 is 0 Å². The third-order valence-electron chi connectivity index (χ3n) is 3.94. The molecule has 0 aromatic heterocycles. The Balaban J connectivity index is 1.78. The highest BCUT2D eigenvalue weighted by Gasteiger charge is 2.29. The van der Waals surface area contributed by atoms with Gasteiger partial charge in [-0.15, -0.1) is 0 Å². The first-order valence-corrected chi connectivity index (χ1v) is 6.02. The molecule has 2 fully saturated rings. The molecule has 2 aliphatic rings. The summed E-state index contributed by atoms with van der Waals surface area (Å²) in [7, 11) is 0. The van der Waals surface area contributed by atoms with Gasteiger partial charge in [0.1, 0.15) is 0 Å². The summed E-state index contributed by atoms with van der Waals surface area (Å²) < 4.78 is 0. The molecule has 2 unspecified atom stereocenters. The fourth-order valence-electron chi connectivity index (χ4n) is 2.59. The summed E-state index contributed by atoms with van der Waals surface area (Å²) in [4.78, 5) is 2.71. The van der Waals surface area contributed by atoms with Crippen molar-refractivity contribution in [1.82, 2.24) is 4.90 Å². The van der Waals surface area contributed by atoms with Crippen molar-refractivity contribution in [2.45, 2.75) is 39.5 Å². The van der Waals surface area contributed by atoms with Gasteiger partial charge in [0.15, 0.2) is 0 Å². The number of rotatable bonds is 3.